The van der Waals surface area contributed by atoms with Gasteiger partial charge >= 0.3 is 6.03 Å². The molecule has 94 valence electrons. The van der Waals surface area contributed by atoms with Gasteiger partial charge < -0.3 is 9.84 Å². The predicted molar refractivity (Wildman–Crippen MR) is 62.0 cm³/mol. The van der Waals surface area contributed by atoms with E-state index in [1.807, 2.05) is 0 Å². The lowest BCUT2D eigenvalue weighted by Gasteiger charge is -2.01. The molecule has 0 bridgehead atoms. The fourth-order valence-electron chi connectivity index (χ4n) is 1.37. The van der Waals surface area contributed by atoms with E-state index >= 15 is 0 Å². The largest absolute Gasteiger partial charge is 0.337 e. The first-order valence-electron chi connectivity index (χ1n) is 5.45. The van der Waals surface area contributed by atoms with Gasteiger partial charge in [0.1, 0.15) is 5.51 Å². The van der Waals surface area contributed by atoms with Crippen LogP contribution in [-0.2, 0) is 6.54 Å². The van der Waals surface area contributed by atoms with Gasteiger partial charge in [0.2, 0.25) is 11.0 Å². The molecule has 0 aromatic carbocycles. The monoisotopic (exact) mass is 266 g/mol. The van der Waals surface area contributed by atoms with Gasteiger partial charge in [-0.25, -0.2) is 4.79 Å². The van der Waals surface area contributed by atoms with Crippen LogP contribution in [0.3, 0.4) is 0 Å². The number of urea groups is 1. The van der Waals surface area contributed by atoms with E-state index in [-0.39, 0.29) is 12.6 Å². The molecule has 2 N–H and O–H groups in total. The molecule has 0 saturated heterocycles. The van der Waals surface area contributed by atoms with Gasteiger partial charge in [-0.1, -0.05) is 16.5 Å². The average molecular weight is 266 g/mol. The standard InChI is InChI=1S/C9H10N6O2S/c16-8(13-9-14-11-4-18-9)10-3-6-12-7(15-17-6)5-1-2-5/h4-5H,1-3H2,(H2,10,13,14,16). The van der Waals surface area contributed by atoms with Gasteiger partial charge in [-0.2, -0.15) is 4.98 Å². The third-order valence-corrected chi connectivity index (χ3v) is 3.01. The summed E-state index contributed by atoms with van der Waals surface area (Å²) < 4.78 is 5.02. The normalized spacial score (nSPS) is 14.4. The summed E-state index contributed by atoms with van der Waals surface area (Å²) in [5, 5.41) is 16.7. The van der Waals surface area contributed by atoms with Gasteiger partial charge in [-0.15, -0.1) is 10.2 Å². The zero-order valence-corrected chi connectivity index (χ0v) is 10.1. The van der Waals surface area contributed by atoms with E-state index in [2.05, 4.69) is 31.0 Å². The minimum Gasteiger partial charge on any atom is -0.337 e. The number of amides is 2. The number of nitrogens with zero attached hydrogens (tertiary/aromatic N) is 4. The number of hydrogen-bond acceptors (Lipinski definition) is 7. The number of rotatable bonds is 4. The Morgan fingerprint density at radius 3 is 3.17 bits per heavy atom. The van der Waals surface area contributed by atoms with Crippen molar-refractivity contribution in [1.82, 2.24) is 25.7 Å². The van der Waals surface area contributed by atoms with Crippen molar-refractivity contribution >= 4 is 22.5 Å². The summed E-state index contributed by atoms with van der Waals surface area (Å²) in [7, 11) is 0. The third kappa shape index (κ3) is 2.62. The lowest BCUT2D eigenvalue weighted by atomic mass is 10.4. The SMILES string of the molecule is O=C(NCc1nc(C2CC2)no1)Nc1nncs1. The van der Waals surface area contributed by atoms with Crippen LogP contribution >= 0.6 is 11.3 Å². The third-order valence-electron chi connectivity index (χ3n) is 2.41. The molecule has 0 atom stereocenters. The first-order chi connectivity index (χ1) is 8.81. The summed E-state index contributed by atoms with van der Waals surface area (Å²) in [6.07, 6.45) is 2.23. The van der Waals surface area contributed by atoms with Crippen LogP contribution in [-0.4, -0.2) is 26.4 Å². The Morgan fingerprint density at radius 1 is 1.56 bits per heavy atom. The highest BCUT2D eigenvalue weighted by molar-refractivity contribution is 7.13. The van der Waals surface area contributed by atoms with E-state index in [0.717, 1.165) is 18.7 Å². The first kappa shape index (κ1) is 11.1. The molecule has 1 aliphatic carbocycles. The van der Waals surface area contributed by atoms with Crippen LogP contribution in [0.5, 0.6) is 0 Å². The molecule has 18 heavy (non-hydrogen) atoms. The number of carbonyl (C=O) groups excluding carboxylic acids is 1. The molecule has 0 radical (unpaired) electrons. The van der Waals surface area contributed by atoms with Crippen LogP contribution in [0.25, 0.3) is 0 Å². The summed E-state index contributed by atoms with van der Waals surface area (Å²) in [4.78, 5) is 15.7. The second-order valence-corrected chi connectivity index (χ2v) is 4.71. The maximum Gasteiger partial charge on any atom is 0.321 e. The van der Waals surface area contributed by atoms with Crippen molar-refractivity contribution < 1.29 is 9.32 Å². The highest BCUT2D eigenvalue weighted by Gasteiger charge is 2.28. The Hall–Kier alpha value is -2.03. The van der Waals surface area contributed by atoms with Crippen LogP contribution in [0.1, 0.15) is 30.5 Å². The zero-order chi connectivity index (χ0) is 12.4. The van der Waals surface area contributed by atoms with Crippen LogP contribution in [0.15, 0.2) is 10.0 Å². The molecule has 8 nitrogen and oxygen atoms in total. The van der Waals surface area contributed by atoms with E-state index in [1.165, 1.54) is 16.8 Å². The number of anilines is 1. The molecule has 0 spiro atoms. The quantitative estimate of drug-likeness (QED) is 0.859. The minimum atomic E-state index is -0.377. The molecular formula is C9H10N6O2S. The first-order valence-corrected chi connectivity index (χ1v) is 6.33. The fourth-order valence-corrected chi connectivity index (χ4v) is 1.81. The maximum atomic E-state index is 11.5. The Morgan fingerprint density at radius 2 is 2.44 bits per heavy atom. The van der Waals surface area contributed by atoms with Gasteiger partial charge in [-0.05, 0) is 12.8 Å². The molecule has 9 heteroatoms. The molecule has 0 aliphatic heterocycles. The van der Waals surface area contributed by atoms with Crippen LogP contribution in [0.4, 0.5) is 9.93 Å². The van der Waals surface area contributed by atoms with Crippen molar-refractivity contribution in [2.75, 3.05) is 5.32 Å². The molecule has 1 fully saturated rings. The summed E-state index contributed by atoms with van der Waals surface area (Å²) >= 11 is 1.24. The Kier molecular flexibility index (Phi) is 2.89. The molecule has 2 heterocycles. The predicted octanol–water partition coefficient (Wildman–Crippen LogP) is 1.12. The van der Waals surface area contributed by atoms with E-state index in [4.69, 9.17) is 4.52 Å². The molecular weight excluding hydrogens is 256 g/mol. The lowest BCUT2D eigenvalue weighted by Crippen LogP contribution is -2.28. The van der Waals surface area contributed by atoms with Crippen LogP contribution in [0.2, 0.25) is 0 Å². The van der Waals surface area contributed by atoms with Crippen molar-refractivity contribution in [3.05, 3.63) is 17.2 Å². The average Bonchev–Trinajstić information content (AvgIpc) is 2.90. The molecule has 3 rings (SSSR count). The number of hydrogen-bond donors (Lipinski definition) is 2. The van der Waals surface area contributed by atoms with Crippen molar-refractivity contribution in [2.24, 2.45) is 0 Å². The summed E-state index contributed by atoms with van der Waals surface area (Å²) in [6.45, 7) is 0.199. The zero-order valence-electron chi connectivity index (χ0n) is 9.29. The highest BCUT2D eigenvalue weighted by Crippen LogP contribution is 2.37. The Labute approximate surface area is 106 Å². The van der Waals surface area contributed by atoms with E-state index in [0.29, 0.717) is 16.9 Å². The number of nitrogens with one attached hydrogen (secondary N) is 2. The van der Waals surface area contributed by atoms with E-state index in [9.17, 15) is 4.79 Å². The van der Waals surface area contributed by atoms with Crippen molar-refractivity contribution in [2.45, 2.75) is 25.3 Å². The Balaban J connectivity index is 1.49. The number of carbonyl (C=O) groups is 1. The Bertz CT molecular complexity index is 535. The molecule has 1 aliphatic rings. The second kappa shape index (κ2) is 4.69. The van der Waals surface area contributed by atoms with Crippen molar-refractivity contribution in [1.29, 1.82) is 0 Å². The van der Waals surface area contributed by atoms with Gasteiger partial charge in [-0.3, -0.25) is 5.32 Å². The van der Waals surface area contributed by atoms with Gasteiger partial charge in [0, 0.05) is 5.92 Å². The van der Waals surface area contributed by atoms with E-state index in [1.54, 1.807) is 0 Å². The summed E-state index contributed by atoms with van der Waals surface area (Å²) in [6, 6.07) is -0.377. The lowest BCUT2D eigenvalue weighted by molar-refractivity contribution is 0.249. The topological polar surface area (TPSA) is 106 Å². The summed E-state index contributed by atoms with van der Waals surface area (Å²) in [5.41, 5.74) is 1.54. The molecule has 1 saturated carbocycles. The number of aromatic nitrogens is 4. The fraction of sp³-hybridized carbons (Fsp3) is 0.444. The van der Waals surface area contributed by atoms with Crippen molar-refractivity contribution in [3.63, 3.8) is 0 Å². The molecule has 2 amide bonds. The molecule has 2 aromatic rings. The smallest absolute Gasteiger partial charge is 0.321 e. The van der Waals surface area contributed by atoms with Crippen LogP contribution < -0.4 is 10.6 Å². The molecule has 0 unspecified atom stereocenters. The van der Waals surface area contributed by atoms with Crippen molar-refractivity contribution in [3.8, 4) is 0 Å². The summed E-state index contributed by atoms with van der Waals surface area (Å²) in [5.74, 6) is 1.58. The minimum absolute atomic E-state index is 0.199. The van der Waals surface area contributed by atoms with Gasteiger partial charge in [0.25, 0.3) is 0 Å². The maximum absolute atomic E-state index is 11.5. The van der Waals surface area contributed by atoms with Crippen LogP contribution in [0, 0.1) is 0 Å². The second-order valence-electron chi connectivity index (χ2n) is 3.87. The molecule has 2 aromatic heterocycles. The van der Waals surface area contributed by atoms with Gasteiger partial charge in [0.15, 0.2) is 5.82 Å². The highest BCUT2D eigenvalue weighted by atomic mass is 32.1. The van der Waals surface area contributed by atoms with E-state index < -0.39 is 0 Å². The van der Waals surface area contributed by atoms with Gasteiger partial charge in [0.05, 0.1) is 6.54 Å².